The van der Waals surface area contributed by atoms with Gasteiger partial charge in [-0.3, -0.25) is 4.79 Å². The molecule has 2 rings (SSSR count). The Balaban J connectivity index is 1.96. The van der Waals surface area contributed by atoms with Crippen molar-refractivity contribution in [2.45, 2.75) is 30.0 Å². The van der Waals surface area contributed by atoms with E-state index < -0.39 is 18.6 Å². The van der Waals surface area contributed by atoms with Crippen LogP contribution in [0.3, 0.4) is 0 Å². The van der Waals surface area contributed by atoms with Crippen molar-refractivity contribution in [3.8, 4) is 0 Å². The van der Waals surface area contributed by atoms with E-state index in [2.05, 4.69) is 0 Å². The number of alkyl halides is 3. The minimum absolute atomic E-state index is 0.154. The maximum Gasteiger partial charge on any atom is 0.405 e. The molecule has 21 heavy (non-hydrogen) atoms. The first kappa shape index (κ1) is 16.2. The first-order valence-electron chi connectivity index (χ1n) is 6.64. The highest BCUT2D eigenvalue weighted by Crippen LogP contribution is 2.27. The third-order valence-corrected chi connectivity index (χ3v) is 4.24. The number of thioether (sulfide) groups is 1. The van der Waals surface area contributed by atoms with Crippen LogP contribution in [0.1, 0.15) is 23.2 Å². The van der Waals surface area contributed by atoms with Crippen LogP contribution in [0.2, 0.25) is 0 Å². The van der Waals surface area contributed by atoms with Crippen molar-refractivity contribution in [1.29, 1.82) is 0 Å². The molecule has 0 spiro atoms. The number of nitrogens with one attached hydrogen (secondary N) is 1. The van der Waals surface area contributed by atoms with Crippen LogP contribution in [0.15, 0.2) is 29.2 Å². The second-order valence-corrected chi connectivity index (χ2v) is 5.80. The van der Waals surface area contributed by atoms with E-state index in [4.69, 9.17) is 4.74 Å². The van der Waals surface area contributed by atoms with E-state index in [-0.39, 0.29) is 11.7 Å². The largest absolute Gasteiger partial charge is 0.405 e. The molecular formula is C14H16F3NO2S. The molecule has 1 saturated heterocycles. The van der Waals surface area contributed by atoms with Crippen molar-refractivity contribution in [1.82, 2.24) is 5.32 Å². The summed E-state index contributed by atoms with van der Waals surface area (Å²) < 4.78 is 41.9. The maximum atomic E-state index is 12.1. The van der Waals surface area contributed by atoms with Gasteiger partial charge in [0.15, 0.2) is 0 Å². The lowest BCUT2D eigenvalue weighted by Crippen LogP contribution is -2.34. The summed E-state index contributed by atoms with van der Waals surface area (Å²) >= 11 is 1.44. The molecule has 1 heterocycles. The average Bonchev–Trinajstić information content (AvgIpc) is 2.95. The third-order valence-electron chi connectivity index (χ3n) is 3.03. The molecule has 7 heteroatoms. The predicted octanol–water partition coefficient (Wildman–Crippen LogP) is 3.25. The fourth-order valence-electron chi connectivity index (χ4n) is 2.01. The highest BCUT2D eigenvalue weighted by atomic mass is 32.2. The van der Waals surface area contributed by atoms with Gasteiger partial charge in [-0.1, -0.05) is 12.1 Å². The monoisotopic (exact) mass is 319 g/mol. The van der Waals surface area contributed by atoms with E-state index in [0.29, 0.717) is 10.6 Å². The lowest BCUT2D eigenvalue weighted by molar-refractivity contribution is -0.123. The quantitative estimate of drug-likeness (QED) is 0.847. The number of rotatable bonds is 5. The summed E-state index contributed by atoms with van der Waals surface area (Å²) in [5.74, 6) is -0.00779. The van der Waals surface area contributed by atoms with Gasteiger partial charge in [0, 0.05) is 17.3 Å². The predicted molar refractivity (Wildman–Crippen MR) is 74.5 cm³/mol. The molecule has 0 aromatic heterocycles. The molecule has 0 bridgehead atoms. The van der Waals surface area contributed by atoms with Crippen LogP contribution in [-0.4, -0.2) is 37.1 Å². The molecule has 1 N–H and O–H groups in total. The molecule has 1 amide bonds. The zero-order chi connectivity index (χ0) is 15.3. The van der Waals surface area contributed by atoms with E-state index in [1.165, 1.54) is 17.8 Å². The average molecular weight is 319 g/mol. The minimum Gasteiger partial charge on any atom is -0.377 e. The van der Waals surface area contributed by atoms with E-state index in [1.54, 1.807) is 18.2 Å². The molecule has 1 aliphatic heterocycles. The SMILES string of the molecule is O=C(NCC(F)(F)F)c1ccccc1SCC1CCCO1. The third kappa shape index (κ3) is 5.24. The summed E-state index contributed by atoms with van der Waals surface area (Å²) in [6, 6.07) is 6.67. The number of ether oxygens (including phenoxy) is 1. The number of benzene rings is 1. The van der Waals surface area contributed by atoms with Gasteiger partial charge in [-0.15, -0.1) is 11.8 Å². The van der Waals surface area contributed by atoms with Crippen LogP contribution in [0.4, 0.5) is 13.2 Å². The van der Waals surface area contributed by atoms with Crippen molar-refractivity contribution >= 4 is 17.7 Å². The van der Waals surface area contributed by atoms with Crippen molar-refractivity contribution in [3.05, 3.63) is 29.8 Å². The van der Waals surface area contributed by atoms with Gasteiger partial charge in [0.25, 0.3) is 5.91 Å². The van der Waals surface area contributed by atoms with E-state index in [0.717, 1.165) is 19.4 Å². The van der Waals surface area contributed by atoms with Gasteiger partial charge in [0.2, 0.25) is 0 Å². The van der Waals surface area contributed by atoms with Gasteiger partial charge in [0.05, 0.1) is 11.7 Å². The van der Waals surface area contributed by atoms with Gasteiger partial charge in [-0.25, -0.2) is 0 Å². The summed E-state index contributed by atoms with van der Waals surface area (Å²) in [7, 11) is 0. The van der Waals surface area contributed by atoms with E-state index in [9.17, 15) is 18.0 Å². The number of halogens is 3. The van der Waals surface area contributed by atoms with Crippen LogP contribution < -0.4 is 5.32 Å². The standard InChI is InChI=1S/C14H16F3NO2S/c15-14(16,17)9-18-13(19)11-5-1-2-6-12(11)21-8-10-4-3-7-20-10/h1-2,5-6,10H,3-4,7-9H2,(H,18,19). The second kappa shape index (κ2) is 7.17. The highest BCUT2D eigenvalue weighted by Gasteiger charge is 2.28. The number of hydrogen-bond donors (Lipinski definition) is 1. The van der Waals surface area contributed by atoms with E-state index >= 15 is 0 Å². The Morgan fingerprint density at radius 2 is 2.14 bits per heavy atom. The zero-order valence-electron chi connectivity index (χ0n) is 11.3. The number of hydrogen-bond acceptors (Lipinski definition) is 3. The summed E-state index contributed by atoms with van der Waals surface area (Å²) in [5.41, 5.74) is 0.268. The van der Waals surface area contributed by atoms with Crippen LogP contribution in [0, 0.1) is 0 Å². The van der Waals surface area contributed by atoms with Crippen LogP contribution >= 0.6 is 11.8 Å². The number of carbonyl (C=O) groups is 1. The molecule has 1 aromatic rings. The topological polar surface area (TPSA) is 38.3 Å². The van der Waals surface area contributed by atoms with Crippen molar-refractivity contribution < 1.29 is 22.7 Å². The molecule has 1 unspecified atom stereocenters. The summed E-state index contributed by atoms with van der Waals surface area (Å²) in [6.45, 7) is -0.574. The molecule has 0 radical (unpaired) electrons. The molecule has 1 fully saturated rings. The fraction of sp³-hybridized carbons (Fsp3) is 0.500. The number of carbonyl (C=O) groups excluding carboxylic acids is 1. The number of amides is 1. The fourth-order valence-corrected chi connectivity index (χ4v) is 3.13. The Morgan fingerprint density at radius 3 is 2.81 bits per heavy atom. The van der Waals surface area contributed by atoms with Gasteiger partial charge >= 0.3 is 6.18 Å². The molecule has 116 valence electrons. The Labute approximate surface area is 125 Å². The summed E-state index contributed by atoms with van der Waals surface area (Å²) in [5, 5.41) is 1.90. The Hall–Kier alpha value is -1.21. The molecule has 3 nitrogen and oxygen atoms in total. The smallest absolute Gasteiger partial charge is 0.377 e. The first-order chi connectivity index (χ1) is 9.96. The molecule has 1 aromatic carbocycles. The molecular weight excluding hydrogens is 303 g/mol. The van der Waals surface area contributed by atoms with Crippen molar-refractivity contribution in [3.63, 3.8) is 0 Å². The van der Waals surface area contributed by atoms with Crippen LogP contribution in [-0.2, 0) is 4.74 Å². The molecule has 0 saturated carbocycles. The van der Waals surface area contributed by atoms with Crippen molar-refractivity contribution in [2.75, 3.05) is 18.9 Å². The Bertz CT molecular complexity index is 487. The highest BCUT2D eigenvalue weighted by molar-refractivity contribution is 7.99. The molecule has 0 aliphatic carbocycles. The van der Waals surface area contributed by atoms with Gasteiger partial charge in [-0.2, -0.15) is 13.2 Å². The first-order valence-corrected chi connectivity index (χ1v) is 7.62. The van der Waals surface area contributed by atoms with Gasteiger partial charge in [0.1, 0.15) is 6.54 Å². The lowest BCUT2D eigenvalue weighted by atomic mass is 10.2. The Morgan fingerprint density at radius 1 is 1.38 bits per heavy atom. The molecule has 1 aliphatic rings. The van der Waals surface area contributed by atoms with Gasteiger partial charge in [-0.05, 0) is 25.0 Å². The van der Waals surface area contributed by atoms with Crippen LogP contribution in [0.25, 0.3) is 0 Å². The van der Waals surface area contributed by atoms with E-state index in [1.807, 2.05) is 5.32 Å². The second-order valence-electron chi connectivity index (χ2n) is 4.74. The minimum atomic E-state index is -4.41. The molecule has 1 atom stereocenters. The zero-order valence-corrected chi connectivity index (χ0v) is 12.1. The summed E-state index contributed by atoms with van der Waals surface area (Å²) in [4.78, 5) is 12.5. The summed E-state index contributed by atoms with van der Waals surface area (Å²) in [6.07, 6.45) is -2.25. The van der Waals surface area contributed by atoms with Crippen LogP contribution in [0.5, 0.6) is 0 Å². The Kier molecular flexibility index (Phi) is 5.52. The van der Waals surface area contributed by atoms with Gasteiger partial charge < -0.3 is 10.1 Å². The normalized spacial score (nSPS) is 18.7. The lowest BCUT2D eigenvalue weighted by Gasteiger charge is -2.13. The maximum absolute atomic E-state index is 12.1. The van der Waals surface area contributed by atoms with Crippen molar-refractivity contribution in [2.24, 2.45) is 0 Å².